The molecule has 5 aromatic rings. The van der Waals surface area contributed by atoms with Crippen LogP contribution in [0.4, 0.5) is 0 Å². The second-order valence-corrected chi connectivity index (χ2v) is 10.2. The summed E-state index contributed by atoms with van der Waals surface area (Å²) in [5.74, 6) is 0.614. The number of benzene rings is 1. The summed E-state index contributed by atoms with van der Waals surface area (Å²) in [6.07, 6.45) is 4.29. The number of allylic oxidation sites excluding steroid dienone is 1. The maximum Gasteiger partial charge on any atom is 0.339 e. The van der Waals surface area contributed by atoms with Gasteiger partial charge in [0.2, 0.25) is 0 Å². The summed E-state index contributed by atoms with van der Waals surface area (Å²) in [7, 11) is 0. The summed E-state index contributed by atoms with van der Waals surface area (Å²) in [6, 6.07) is 11.3. The van der Waals surface area contributed by atoms with Crippen LogP contribution in [0.5, 0.6) is 0 Å². The van der Waals surface area contributed by atoms with E-state index in [9.17, 15) is 9.59 Å². The van der Waals surface area contributed by atoms with Gasteiger partial charge in [0.25, 0.3) is 5.56 Å². The van der Waals surface area contributed by atoms with Gasteiger partial charge in [0, 0.05) is 10.3 Å². The Balaban J connectivity index is 1.40. The molecule has 0 bridgehead atoms. The fourth-order valence-corrected chi connectivity index (χ4v) is 5.83. The predicted molar refractivity (Wildman–Crippen MR) is 140 cm³/mol. The molecule has 6 rings (SSSR count). The summed E-state index contributed by atoms with van der Waals surface area (Å²) in [6.45, 7) is 5.60. The third kappa shape index (κ3) is 3.65. The van der Waals surface area contributed by atoms with Gasteiger partial charge in [0.05, 0.1) is 28.4 Å². The molecule has 8 heteroatoms. The van der Waals surface area contributed by atoms with E-state index >= 15 is 0 Å². The van der Waals surface area contributed by atoms with Crippen LogP contribution < -0.4 is 5.56 Å². The molecule has 0 saturated carbocycles. The highest BCUT2D eigenvalue weighted by atomic mass is 32.1. The molecule has 1 aromatic carbocycles. The lowest BCUT2D eigenvalue weighted by atomic mass is 10.0. The molecule has 0 radical (unpaired) electrons. The Morgan fingerprint density at radius 3 is 2.81 bits per heavy atom. The summed E-state index contributed by atoms with van der Waals surface area (Å²) < 4.78 is 11.4. The van der Waals surface area contributed by atoms with Crippen LogP contribution in [0, 0.1) is 13.8 Å². The van der Waals surface area contributed by atoms with Crippen LogP contribution in [0.25, 0.3) is 32.8 Å². The minimum Gasteiger partial charge on any atom is -0.465 e. The minimum atomic E-state index is -0.737. The summed E-state index contributed by atoms with van der Waals surface area (Å²) in [5.41, 5.74) is 4.62. The van der Waals surface area contributed by atoms with Crippen LogP contribution in [0.2, 0.25) is 0 Å². The van der Waals surface area contributed by atoms with Crippen molar-refractivity contribution in [1.29, 1.82) is 0 Å². The van der Waals surface area contributed by atoms with E-state index in [4.69, 9.17) is 14.1 Å². The Kier molecular flexibility index (Phi) is 5.34. The third-order valence-electron chi connectivity index (χ3n) is 6.73. The Labute approximate surface area is 210 Å². The molecule has 36 heavy (non-hydrogen) atoms. The van der Waals surface area contributed by atoms with Gasteiger partial charge in [0.15, 0.2) is 11.9 Å². The van der Waals surface area contributed by atoms with Crippen molar-refractivity contribution in [2.45, 2.75) is 39.7 Å². The van der Waals surface area contributed by atoms with Crippen molar-refractivity contribution < 1.29 is 13.9 Å². The van der Waals surface area contributed by atoms with Gasteiger partial charge < -0.3 is 14.1 Å². The lowest BCUT2D eigenvalue weighted by Gasteiger charge is -2.16. The number of hydrogen-bond donors (Lipinski definition) is 1. The zero-order valence-electron chi connectivity index (χ0n) is 20.0. The first kappa shape index (κ1) is 22.4. The van der Waals surface area contributed by atoms with Gasteiger partial charge in [0.1, 0.15) is 10.6 Å². The van der Waals surface area contributed by atoms with Crippen molar-refractivity contribution in [2.75, 3.05) is 0 Å². The van der Waals surface area contributed by atoms with E-state index < -0.39 is 12.1 Å². The second kappa shape index (κ2) is 8.57. The van der Waals surface area contributed by atoms with E-state index in [1.54, 1.807) is 13.2 Å². The molecule has 0 amide bonds. The van der Waals surface area contributed by atoms with Crippen molar-refractivity contribution in [2.24, 2.45) is 0 Å². The fourth-order valence-electron chi connectivity index (χ4n) is 4.80. The lowest BCUT2D eigenvalue weighted by molar-refractivity contribution is 0.0321. The standard InChI is InChI=1S/C28H23N3O4S/c1-14-16(3)36-27-22(14)26(32)30-25(31-27)15(2)35-28(33)23-19-8-4-5-9-21(19)29-24-17(10-11-20(23)24)13-18-7-6-12-34-18/h4-9,12-13,15H,10-11H2,1-3H3,(H,30,31,32). The predicted octanol–water partition coefficient (Wildman–Crippen LogP) is 6.15. The topological polar surface area (TPSA) is 98.1 Å². The highest BCUT2D eigenvalue weighted by molar-refractivity contribution is 7.18. The molecule has 0 saturated heterocycles. The van der Waals surface area contributed by atoms with Crippen molar-refractivity contribution in [3.05, 3.63) is 91.9 Å². The minimum absolute atomic E-state index is 0.220. The van der Waals surface area contributed by atoms with E-state index in [1.165, 1.54) is 11.3 Å². The summed E-state index contributed by atoms with van der Waals surface area (Å²) >= 11 is 1.47. The Morgan fingerprint density at radius 2 is 2.00 bits per heavy atom. The number of nitrogens with zero attached hydrogens (tertiary/aromatic N) is 2. The smallest absolute Gasteiger partial charge is 0.339 e. The highest BCUT2D eigenvalue weighted by Gasteiger charge is 2.29. The number of aromatic amines is 1. The first-order valence-corrected chi connectivity index (χ1v) is 12.6. The van der Waals surface area contributed by atoms with Crippen molar-refractivity contribution in [3.8, 4) is 0 Å². The number of carbonyl (C=O) groups excluding carboxylic acids is 1. The number of fused-ring (bicyclic) bond motifs is 3. The average Bonchev–Trinajstić information content (AvgIpc) is 3.58. The highest BCUT2D eigenvalue weighted by Crippen LogP contribution is 2.38. The van der Waals surface area contributed by atoms with Gasteiger partial charge in [-0.2, -0.15) is 0 Å². The van der Waals surface area contributed by atoms with Gasteiger partial charge in [-0.1, -0.05) is 18.2 Å². The lowest BCUT2D eigenvalue weighted by Crippen LogP contribution is -2.18. The van der Waals surface area contributed by atoms with Crippen molar-refractivity contribution in [3.63, 3.8) is 0 Å². The molecule has 0 aliphatic heterocycles. The van der Waals surface area contributed by atoms with Gasteiger partial charge in [-0.05, 0) is 74.6 Å². The van der Waals surface area contributed by atoms with E-state index in [0.717, 1.165) is 50.4 Å². The number of aromatic nitrogens is 3. The first-order chi connectivity index (χ1) is 17.4. The van der Waals surface area contributed by atoms with E-state index in [2.05, 4.69) is 9.97 Å². The molecule has 180 valence electrons. The van der Waals surface area contributed by atoms with Crippen molar-refractivity contribution in [1.82, 2.24) is 15.0 Å². The van der Waals surface area contributed by atoms with Crippen molar-refractivity contribution >= 4 is 50.1 Å². The van der Waals surface area contributed by atoms with E-state index in [0.29, 0.717) is 28.0 Å². The molecule has 1 atom stereocenters. The Bertz CT molecular complexity index is 1740. The molecule has 0 spiro atoms. The monoisotopic (exact) mass is 497 g/mol. The van der Waals surface area contributed by atoms with Gasteiger partial charge in [-0.25, -0.2) is 14.8 Å². The quantitative estimate of drug-likeness (QED) is 0.299. The number of carbonyl (C=O) groups is 1. The largest absolute Gasteiger partial charge is 0.465 e. The van der Waals surface area contributed by atoms with Gasteiger partial charge in [-0.3, -0.25) is 4.79 Å². The number of hydrogen-bond acceptors (Lipinski definition) is 7. The van der Waals surface area contributed by atoms with Crippen LogP contribution in [0.15, 0.2) is 51.9 Å². The molecule has 4 heterocycles. The second-order valence-electron chi connectivity index (χ2n) is 8.98. The number of H-pyrrole nitrogens is 1. The number of thiophene rings is 1. The molecule has 1 aliphatic rings. The number of rotatable bonds is 4. The van der Waals surface area contributed by atoms with E-state index in [-0.39, 0.29) is 5.56 Å². The summed E-state index contributed by atoms with van der Waals surface area (Å²) in [4.78, 5) is 40.4. The number of furan rings is 1. The number of ether oxygens (including phenoxy) is 1. The van der Waals surface area contributed by atoms with Crippen LogP contribution in [0.1, 0.15) is 63.1 Å². The maximum absolute atomic E-state index is 13.6. The molecular weight excluding hydrogens is 474 g/mol. The number of pyridine rings is 1. The van der Waals surface area contributed by atoms with Crippen LogP contribution in [0.3, 0.4) is 0 Å². The summed E-state index contributed by atoms with van der Waals surface area (Å²) in [5, 5.41) is 1.34. The Hall–Kier alpha value is -4.04. The van der Waals surface area contributed by atoms with Crippen LogP contribution in [-0.4, -0.2) is 20.9 Å². The van der Waals surface area contributed by atoms with Crippen LogP contribution in [-0.2, 0) is 11.2 Å². The molecule has 0 fully saturated rings. The normalized spacial score (nSPS) is 15.0. The molecule has 7 nitrogen and oxygen atoms in total. The zero-order valence-corrected chi connectivity index (χ0v) is 20.9. The Morgan fingerprint density at radius 1 is 1.17 bits per heavy atom. The number of aryl methyl sites for hydroxylation is 2. The molecule has 1 N–H and O–H groups in total. The average molecular weight is 498 g/mol. The molecule has 1 aliphatic carbocycles. The third-order valence-corrected chi connectivity index (χ3v) is 7.83. The van der Waals surface area contributed by atoms with Gasteiger partial charge in [-0.15, -0.1) is 11.3 Å². The SMILES string of the molecule is Cc1sc2nc(C(C)OC(=O)c3c4c(nc5ccccc35)C(=Cc3ccco3)CC4)[nH]c(=O)c2c1C. The van der Waals surface area contributed by atoms with Crippen LogP contribution >= 0.6 is 11.3 Å². The molecule has 4 aromatic heterocycles. The van der Waals surface area contributed by atoms with Gasteiger partial charge >= 0.3 is 5.97 Å². The zero-order chi connectivity index (χ0) is 25.0. The molecule has 1 unspecified atom stereocenters. The maximum atomic E-state index is 13.6. The number of para-hydroxylation sites is 1. The fraction of sp³-hybridized carbons (Fsp3) is 0.214. The number of nitrogens with one attached hydrogen (secondary N) is 1. The first-order valence-electron chi connectivity index (χ1n) is 11.8. The van der Waals surface area contributed by atoms with E-state index in [1.807, 2.05) is 56.3 Å². The molecular formula is C28H23N3O4S. The number of esters is 1.